The van der Waals surface area contributed by atoms with E-state index in [2.05, 4.69) is 29.2 Å². The number of likely N-dealkylation sites (tertiary alicyclic amines) is 1. The first-order chi connectivity index (χ1) is 16.7. The maximum atomic E-state index is 6.46. The Labute approximate surface area is 216 Å². The van der Waals surface area contributed by atoms with Gasteiger partial charge in [0.2, 0.25) is 0 Å². The molecule has 4 aromatic rings. The van der Waals surface area contributed by atoms with Crippen molar-refractivity contribution in [1.29, 1.82) is 0 Å². The van der Waals surface area contributed by atoms with E-state index in [1.807, 2.05) is 42.5 Å². The van der Waals surface area contributed by atoms with Crippen LogP contribution in [0.3, 0.4) is 0 Å². The Morgan fingerprint density at radius 1 is 0.771 bits per heavy atom. The SMILES string of the molecule is COc1ccc(-c2sc3cc(OC)ccc3c2Oc2ccc(OCCN3CCCC3)cc2)cc1.Cl. The minimum absolute atomic E-state index is 0. The maximum Gasteiger partial charge on any atom is 0.153 e. The van der Waals surface area contributed by atoms with Crippen LogP contribution in [0.15, 0.2) is 66.7 Å². The van der Waals surface area contributed by atoms with Crippen molar-refractivity contribution in [3.8, 4) is 39.2 Å². The number of halogens is 1. The Bertz CT molecular complexity index is 1230. The first-order valence-corrected chi connectivity index (χ1v) is 12.4. The Morgan fingerprint density at radius 3 is 2.09 bits per heavy atom. The van der Waals surface area contributed by atoms with Crippen LogP contribution in [0.4, 0.5) is 0 Å². The van der Waals surface area contributed by atoms with Crippen LogP contribution >= 0.6 is 23.7 Å². The molecule has 0 radical (unpaired) electrons. The van der Waals surface area contributed by atoms with Gasteiger partial charge in [0.15, 0.2) is 5.75 Å². The molecule has 1 aliphatic rings. The van der Waals surface area contributed by atoms with Gasteiger partial charge in [-0.25, -0.2) is 0 Å². The van der Waals surface area contributed by atoms with Crippen molar-refractivity contribution in [3.05, 3.63) is 66.7 Å². The normalized spacial score (nSPS) is 13.4. The number of nitrogens with zero attached hydrogens (tertiary/aromatic N) is 1. The van der Waals surface area contributed by atoms with Gasteiger partial charge in [0.1, 0.15) is 29.6 Å². The van der Waals surface area contributed by atoms with Crippen LogP contribution in [0.5, 0.6) is 28.7 Å². The zero-order valence-corrected chi connectivity index (χ0v) is 21.6. The summed E-state index contributed by atoms with van der Waals surface area (Å²) in [6.07, 6.45) is 2.60. The molecule has 0 unspecified atom stereocenters. The Balaban J connectivity index is 0.00000289. The van der Waals surface area contributed by atoms with E-state index < -0.39 is 0 Å². The second kappa shape index (κ2) is 11.7. The molecule has 0 N–H and O–H groups in total. The van der Waals surface area contributed by atoms with Gasteiger partial charge in [0.05, 0.1) is 19.1 Å². The molecule has 184 valence electrons. The van der Waals surface area contributed by atoms with Crippen LogP contribution in [0, 0.1) is 0 Å². The molecule has 0 amide bonds. The molecule has 7 heteroatoms. The minimum atomic E-state index is 0. The third-order valence-electron chi connectivity index (χ3n) is 6.12. The van der Waals surface area contributed by atoms with Gasteiger partial charge in [-0.05, 0) is 98.2 Å². The third kappa shape index (κ3) is 5.84. The molecular weight excluding hydrogens is 482 g/mol. The molecule has 35 heavy (non-hydrogen) atoms. The molecule has 0 saturated carbocycles. The molecule has 1 fully saturated rings. The summed E-state index contributed by atoms with van der Waals surface area (Å²) in [5.41, 5.74) is 1.08. The number of hydrogen-bond donors (Lipinski definition) is 0. The first-order valence-electron chi connectivity index (χ1n) is 11.6. The molecular formula is C28H30ClNO4S. The number of ether oxygens (including phenoxy) is 4. The Kier molecular flexibility index (Phi) is 8.39. The van der Waals surface area contributed by atoms with Crippen molar-refractivity contribution in [2.45, 2.75) is 12.8 Å². The topological polar surface area (TPSA) is 40.2 Å². The summed E-state index contributed by atoms with van der Waals surface area (Å²) in [6.45, 7) is 4.06. The van der Waals surface area contributed by atoms with Gasteiger partial charge in [-0.15, -0.1) is 23.7 Å². The molecule has 1 saturated heterocycles. The predicted octanol–water partition coefficient (Wildman–Crippen LogP) is 7.27. The highest BCUT2D eigenvalue weighted by Gasteiger charge is 2.17. The molecule has 0 aliphatic carbocycles. The van der Waals surface area contributed by atoms with Crippen molar-refractivity contribution in [1.82, 2.24) is 4.90 Å². The van der Waals surface area contributed by atoms with Crippen LogP contribution in [0.2, 0.25) is 0 Å². The van der Waals surface area contributed by atoms with E-state index in [9.17, 15) is 0 Å². The van der Waals surface area contributed by atoms with Crippen LogP contribution in [-0.2, 0) is 0 Å². The second-order valence-corrected chi connectivity index (χ2v) is 9.37. The summed E-state index contributed by atoms with van der Waals surface area (Å²) in [4.78, 5) is 3.52. The van der Waals surface area contributed by atoms with E-state index in [0.717, 1.165) is 55.8 Å². The number of fused-ring (bicyclic) bond motifs is 1. The summed E-state index contributed by atoms with van der Waals surface area (Å²) in [5.74, 6) is 4.14. The number of thiophene rings is 1. The van der Waals surface area contributed by atoms with Gasteiger partial charge >= 0.3 is 0 Å². The van der Waals surface area contributed by atoms with Crippen molar-refractivity contribution >= 4 is 33.8 Å². The van der Waals surface area contributed by atoms with E-state index in [1.165, 1.54) is 25.9 Å². The van der Waals surface area contributed by atoms with E-state index in [0.29, 0.717) is 6.61 Å². The molecule has 3 aromatic carbocycles. The highest BCUT2D eigenvalue weighted by Crippen LogP contribution is 2.47. The van der Waals surface area contributed by atoms with Crippen molar-refractivity contribution in [3.63, 3.8) is 0 Å². The third-order valence-corrected chi connectivity index (χ3v) is 7.31. The number of rotatable bonds is 9. The average Bonchev–Trinajstić information content (AvgIpc) is 3.53. The second-order valence-electron chi connectivity index (χ2n) is 8.32. The lowest BCUT2D eigenvalue weighted by Crippen LogP contribution is -2.25. The fourth-order valence-electron chi connectivity index (χ4n) is 4.23. The summed E-state index contributed by atoms with van der Waals surface area (Å²) >= 11 is 1.69. The molecule has 1 aliphatic heterocycles. The van der Waals surface area contributed by atoms with Gasteiger partial charge in [-0.3, -0.25) is 4.90 Å². The minimum Gasteiger partial charge on any atom is -0.497 e. The first kappa shape index (κ1) is 25.2. The van der Waals surface area contributed by atoms with Gasteiger partial charge in [-0.2, -0.15) is 0 Å². The Hall–Kier alpha value is -2.93. The van der Waals surface area contributed by atoms with Crippen molar-refractivity contribution in [2.24, 2.45) is 0 Å². The quantitative estimate of drug-likeness (QED) is 0.236. The molecule has 5 rings (SSSR count). The monoisotopic (exact) mass is 511 g/mol. The molecule has 0 spiro atoms. The molecule has 0 bridgehead atoms. The largest absolute Gasteiger partial charge is 0.497 e. The lowest BCUT2D eigenvalue weighted by atomic mass is 10.1. The van der Waals surface area contributed by atoms with Crippen molar-refractivity contribution < 1.29 is 18.9 Å². The molecule has 1 aromatic heterocycles. The molecule has 2 heterocycles. The summed E-state index contributed by atoms with van der Waals surface area (Å²) < 4.78 is 24.3. The Morgan fingerprint density at radius 2 is 1.40 bits per heavy atom. The lowest BCUT2D eigenvalue weighted by molar-refractivity contribution is 0.237. The molecule has 0 atom stereocenters. The summed E-state index contributed by atoms with van der Waals surface area (Å²) in [6, 6.07) is 22.0. The zero-order valence-electron chi connectivity index (χ0n) is 20.0. The molecule has 5 nitrogen and oxygen atoms in total. The fourth-order valence-corrected chi connectivity index (χ4v) is 5.40. The fraction of sp³-hybridized carbons (Fsp3) is 0.286. The van der Waals surface area contributed by atoms with Gasteiger partial charge in [0, 0.05) is 16.6 Å². The lowest BCUT2D eigenvalue weighted by Gasteiger charge is -2.15. The summed E-state index contributed by atoms with van der Waals surface area (Å²) in [5, 5.41) is 1.06. The van der Waals surface area contributed by atoms with Gasteiger partial charge < -0.3 is 18.9 Å². The summed E-state index contributed by atoms with van der Waals surface area (Å²) in [7, 11) is 3.36. The van der Waals surface area contributed by atoms with Crippen LogP contribution in [0.1, 0.15) is 12.8 Å². The number of hydrogen-bond acceptors (Lipinski definition) is 6. The smallest absolute Gasteiger partial charge is 0.153 e. The highest BCUT2D eigenvalue weighted by molar-refractivity contribution is 7.22. The number of benzene rings is 3. The van der Waals surface area contributed by atoms with E-state index in [1.54, 1.807) is 25.6 Å². The van der Waals surface area contributed by atoms with Crippen molar-refractivity contribution in [2.75, 3.05) is 40.5 Å². The van der Waals surface area contributed by atoms with E-state index in [-0.39, 0.29) is 12.4 Å². The number of methoxy groups -OCH3 is 2. The highest BCUT2D eigenvalue weighted by atomic mass is 35.5. The standard InChI is InChI=1S/C28H29NO4S.ClH/c1-30-21-7-5-20(6-8-21)28-27(25-14-13-24(31-2)19-26(25)34-28)33-23-11-9-22(10-12-23)32-18-17-29-15-3-4-16-29;/h5-14,19H,3-4,15-18H2,1-2H3;1H. The van der Waals surface area contributed by atoms with Gasteiger partial charge in [0.25, 0.3) is 0 Å². The van der Waals surface area contributed by atoms with Crippen LogP contribution in [-0.4, -0.2) is 45.4 Å². The maximum absolute atomic E-state index is 6.46. The van der Waals surface area contributed by atoms with E-state index in [4.69, 9.17) is 18.9 Å². The van der Waals surface area contributed by atoms with E-state index >= 15 is 0 Å². The van der Waals surface area contributed by atoms with Gasteiger partial charge in [-0.1, -0.05) is 0 Å². The van der Waals surface area contributed by atoms with Crippen LogP contribution < -0.4 is 18.9 Å². The van der Waals surface area contributed by atoms with Crippen LogP contribution in [0.25, 0.3) is 20.5 Å². The zero-order chi connectivity index (χ0) is 23.3. The average molecular weight is 512 g/mol. The predicted molar refractivity (Wildman–Crippen MR) is 145 cm³/mol.